The molecule has 2 nitrogen and oxygen atoms in total. The molecule has 1 rings (SSSR count). The third kappa shape index (κ3) is 3.94. The van der Waals surface area contributed by atoms with Crippen LogP contribution in [0, 0.1) is 10.5 Å². The highest BCUT2D eigenvalue weighted by Crippen LogP contribution is 2.15. The summed E-state index contributed by atoms with van der Waals surface area (Å²) < 4.78 is 6.14. The van der Waals surface area contributed by atoms with E-state index >= 15 is 0 Å². The zero-order valence-corrected chi connectivity index (χ0v) is 13.2. The molecule has 0 N–H and O–H groups in total. The molecule has 0 atom stereocenters. The van der Waals surface area contributed by atoms with Gasteiger partial charge in [0.25, 0.3) is 0 Å². The summed E-state index contributed by atoms with van der Waals surface area (Å²) in [5, 5.41) is 0. The third-order valence-electron chi connectivity index (χ3n) is 2.07. The monoisotopic (exact) mass is 334 g/mol. The second-order valence-corrected chi connectivity index (χ2v) is 5.63. The van der Waals surface area contributed by atoms with E-state index in [1.807, 2.05) is 25.1 Å². The molecule has 15 heavy (non-hydrogen) atoms. The van der Waals surface area contributed by atoms with E-state index in [0.29, 0.717) is 12.2 Å². The van der Waals surface area contributed by atoms with Crippen LogP contribution in [0.15, 0.2) is 18.2 Å². The number of carbonyl (C=O) groups excluding carboxylic acids is 1. The van der Waals surface area contributed by atoms with Gasteiger partial charge < -0.3 is 4.74 Å². The predicted octanol–water partition coefficient (Wildman–Crippen LogP) is 1.93. The summed E-state index contributed by atoms with van der Waals surface area (Å²) in [6.07, 6.45) is 0.986. The minimum Gasteiger partial charge on any atom is -0.462 e. The van der Waals surface area contributed by atoms with Crippen LogP contribution in [0.4, 0.5) is 0 Å². The molecular formula is C11H15IO2Si. The van der Waals surface area contributed by atoms with E-state index in [4.69, 9.17) is 4.74 Å². The lowest BCUT2D eigenvalue weighted by Crippen LogP contribution is -2.08. The van der Waals surface area contributed by atoms with Gasteiger partial charge in [-0.05, 0) is 48.1 Å². The van der Waals surface area contributed by atoms with E-state index < -0.39 is 0 Å². The quantitative estimate of drug-likeness (QED) is 0.364. The Morgan fingerprint density at radius 2 is 2.27 bits per heavy atom. The number of hydrogen-bond donors (Lipinski definition) is 0. The first-order chi connectivity index (χ1) is 7.15. The Morgan fingerprint density at radius 3 is 2.93 bits per heavy atom. The molecule has 0 aliphatic rings. The fraction of sp³-hybridized carbons (Fsp3) is 0.364. The van der Waals surface area contributed by atoms with Crippen LogP contribution in [-0.4, -0.2) is 22.8 Å². The molecule has 0 saturated carbocycles. The molecule has 0 saturated heterocycles. The van der Waals surface area contributed by atoms with Crippen LogP contribution >= 0.6 is 22.6 Å². The first-order valence-corrected chi connectivity index (χ1v) is 7.57. The largest absolute Gasteiger partial charge is 0.462 e. The molecule has 1 aromatic rings. The number of ether oxygens (including phenoxy) is 1. The predicted molar refractivity (Wildman–Crippen MR) is 73.5 cm³/mol. The number of rotatable bonds is 4. The fourth-order valence-electron chi connectivity index (χ4n) is 1.18. The first-order valence-electron chi connectivity index (χ1n) is 5.08. The average molecular weight is 334 g/mol. The topological polar surface area (TPSA) is 26.3 Å². The van der Waals surface area contributed by atoms with Crippen molar-refractivity contribution in [3.05, 3.63) is 32.9 Å². The maximum atomic E-state index is 11.7. The molecule has 0 aliphatic carbocycles. The van der Waals surface area contributed by atoms with Crippen molar-refractivity contribution in [2.45, 2.75) is 19.4 Å². The fourth-order valence-corrected chi connectivity index (χ4v) is 2.03. The van der Waals surface area contributed by atoms with Crippen molar-refractivity contribution in [2.75, 3.05) is 6.61 Å². The van der Waals surface area contributed by atoms with Crippen molar-refractivity contribution in [1.82, 2.24) is 0 Å². The van der Waals surface area contributed by atoms with Gasteiger partial charge in [0.2, 0.25) is 0 Å². The first kappa shape index (κ1) is 12.7. The summed E-state index contributed by atoms with van der Waals surface area (Å²) in [5.74, 6) is -0.196. The number of halogens is 1. The van der Waals surface area contributed by atoms with E-state index in [1.165, 1.54) is 16.3 Å². The molecule has 0 heterocycles. The van der Waals surface area contributed by atoms with Gasteiger partial charge in [0.1, 0.15) is 0 Å². The van der Waals surface area contributed by atoms with Crippen molar-refractivity contribution >= 4 is 38.8 Å². The highest BCUT2D eigenvalue weighted by atomic mass is 127. The van der Waals surface area contributed by atoms with Gasteiger partial charge in [-0.2, -0.15) is 0 Å². The van der Waals surface area contributed by atoms with Crippen molar-refractivity contribution in [1.29, 1.82) is 0 Å². The van der Waals surface area contributed by atoms with Gasteiger partial charge in [0.15, 0.2) is 0 Å². The number of esters is 1. The molecule has 4 heteroatoms. The molecule has 0 spiro atoms. The third-order valence-corrected chi connectivity index (χ3v) is 3.72. The van der Waals surface area contributed by atoms with Crippen molar-refractivity contribution in [3.8, 4) is 0 Å². The Labute approximate surface area is 107 Å². The molecule has 0 unspecified atom stereocenters. The number of hydrogen-bond acceptors (Lipinski definition) is 2. The molecule has 0 aromatic heterocycles. The number of benzene rings is 1. The van der Waals surface area contributed by atoms with Gasteiger partial charge in [0.05, 0.1) is 12.2 Å². The molecule has 82 valence electrons. The van der Waals surface area contributed by atoms with E-state index in [-0.39, 0.29) is 5.97 Å². The Bertz CT molecular complexity index is 352. The van der Waals surface area contributed by atoms with Gasteiger partial charge in [-0.25, -0.2) is 4.79 Å². The van der Waals surface area contributed by atoms with Crippen molar-refractivity contribution in [3.63, 3.8) is 0 Å². The average Bonchev–Trinajstić information content (AvgIpc) is 2.22. The minimum absolute atomic E-state index is 0.196. The maximum Gasteiger partial charge on any atom is 0.339 e. The molecule has 0 fully saturated rings. The van der Waals surface area contributed by atoms with Gasteiger partial charge >= 0.3 is 5.97 Å². The lowest BCUT2D eigenvalue weighted by Gasteiger charge is -2.06. The SMILES string of the molecule is Cc1ccc(I)c(C(=O)OCCC[SiH3])c1. The molecule has 0 amide bonds. The van der Waals surface area contributed by atoms with Gasteiger partial charge in [-0.3, -0.25) is 0 Å². The van der Waals surface area contributed by atoms with Crippen LogP contribution in [-0.2, 0) is 4.74 Å². The lowest BCUT2D eigenvalue weighted by atomic mass is 10.1. The van der Waals surface area contributed by atoms with Crippen LogP contribution in [0.5, 0.6) is 0 Å². The number of carbonyl (C=O) groups is 1. The van der Waals surface area contributed by atoms with E-state index in [0.717, 1.165) is 15.6 Å². The van der Waals surface area contributed by atoms with Crippen molar-refractivity contribution < 1.29 is 9.53 Å². The summed E-state index contributed by atoms with van der Waals surface area (Å²) in [5.41, 5.74) is 1.77. The van der Waals surface area contributed by atoms with Crippen LogP contribution in [0.1, 0.15) is 22.3 Å². The standard InChI is InChI=1S/C11H15IO2Si/c1-8-3-4-10(12)9(7-8)11(13)14-5-2-6-15/h3-4,7H,2,5-6H2,1,15H3. The van der Waals surface area contributed by atoms with Crippen molar-refractivity contribution in [2.24, 2.45) is 0 Å². The second-order valence-electron chi connectivity index (χ2n) is 3.47. The summed E-state index contributed by atoms with van der Waals surface area (Å²) >= 11 is 2.16. The highest BCUT2D eigenvalue weighted by molar-refractivity contribution is 14.1. The van der Waals surface area contributed by atoms with E-state index in [9.17, 15) is 4.79 Å². The Balaban J connectivity index is 2.68. The van der Waals surface area contributed by atoms with Gasteiger partial charge in [0, 0.05) is 13.8 Å². The summed E-state index contributed by atoms with van der Waals surface area (Å²) in [6, 6.07) is 7.00. The molecule has 1 aromatic carbocycles. The zero-order valence-electron chi connectivity index (χ0n) is 9.05. The highest BCUT2D eigenvalue weighted by Gasteiger charge is 2.10. The maximum absolute atomic E-state index is 11.7. The zero-order chi connectivity index (χ0) is 11.3. The number of aryl methyl sites for hydroxylation is 1. The smallest absolute Gasteiger partial charge is 0.339 e. The normalized spacial score (nSPS) is 10.3. The summed E-state index contributed by atoms with van der Waals surface area (Å²) in [7, 11) is 1.17. The lowest BCUT2D eigenvalue weighted by molar-refractivity contribution is 0.0504. The van der Waals surface area contributed by atoms with E-state index in [2.05, 4.69) is 22.6 Å². The van der Waals surface area contributed by atoms with Gasteiger partial charge in [-0.1, -0.05) is 17.7 Å². The van der Waals surface area contributed by atoms with E-state index in [1.54, 1.807) is 0 Å². The molecule has 0 bridgehead atoms. The summed E-state index contributed by atoms with van der Waals surface area (Å²) in [4.78, 5) is 11.7. The second kappa shape index (κ2) is 6.27. The van der Waals surface area contributed by atoms with Gasteiger partial charge in [-0.15, -0.1) is 0 Å². The van der Waals surface area contributed by atoms with Crippen LogP contribution in [0.2, 0.25) is 6.04 Å². The Morgan fingerprint density at radius 1 is 1.53 bits per heavy atom. The molecular weight excluding hydrogens is 319 g/mol. The van der Waals surface area contributed by atoms with Crippen LogP contribution in [0.3, 0.4) is 0 Å². The summed E-state index contributed by atoms with van der Waals surface area (Å²) in [6.45, 7) is 2.52. The Kier molecular flexibility index (Phi) is 5.31. The van der Waals surface area contributed by atoms with Crippen LogP contribution < -0.4 is 0 Å². The minimum atomic E-state index is -0.196. The molecule has 0 radical (unpaired) electrons. The molecule has 0 aliphatic heterocycles. The van der Waals surface area contributed by atoms with Crippen LogP contribution in [0.25, 0.3) is 0 Å². The Hall–Kier alpha value is -0.363.